The number of aromatic nitrogens is 2. The van der Waals surface area contributed by atoms with Crippen molar-refractivity contribution < 1.29 is 22.0 Å². The van der Waals surface area contributed by atoms with Gasteiger partial charge in [-0.15, -0.1) is 10.2 Å². The van der Waals surface area contributed by atoms with Crippen molar-refractivity contribution >= 4 is 33.0 Å². The molecule has 2 heterocycles. The van der Waals surface area contributed by atoms with Gasteiger partial charge in [-0.2, -0.15) is 4.31 Å². The van der Waals surface area contributed by atoms with Crippen molar-refractivity contribution in [1.29, 1.82) is 0 Å². The molecule has 33 heavy (non-hydrogen) atoms. The maximum absolute atomic E-state index is 13.8. The molecule has 1 N–H and O–H groups in total. The highest BCUT2D eigenvalue weighted by molar-refractivity contribution is 7.89. The summed E-state index contributed by atoms with van der Waals surface area (Å²) in [4.78, 5) is 12.7. The van der Waals surface area contributed by atoms with Crippen molar-refractivity contribution in [3.63, 3.8) is 0 Å². The lowest BCUT2D eigenvalue weighted by atomic mass is 10.1. The predicted octanol–water partition coefficient (Wildman–Crippen LogP) is 4.55. The van der Waals surface area contributed by atoms with Gasteiger partial charge in [0.25, 0.3) is 5.91 Å². The van der Waals surface area contributed by atoms with Crippen LogP contribution in [0.25, 0.3) is 0 Å². The summed E-state index contributed by atoms with van der Waals surface area (Å²) in [5, 5.41) is 10.6. The topological polar surface area (TPSA) is 92.3 Å². The molecule has 1 amide bonds. The first kappa shape index (κ1) is 23.4. The fourth-order valence-corrected chi connectivity index (χ4v) is 6.37. The van der Waals surface area contributed by atoms with Gasteiger partial charge in [-0.1, -0.05) is 36.8 Å². The summed E-state index contributed by atoms with van der Waals surface area (Å²) in [5.74, 6) is -2.37. The van der Waals surface area contributed by atoms with Crippen LogP contribution in [0.15, 0.2) is 47.4 Å². The summed E-state index contributed by atoms with van der Waals surface area (Å²) in [7, 11) is -3.75. The van der Waals surface area contributed by atoms with Gasteiger partial charge < -0.3 is 5.32 Å². The van der Waals surface area contributed by atoms with E-state index in [1.165, 1.54) is 4.31 Å². The molecule has 0 saturated carbocycles. The van der Waals surface area contributed by atoms with Gasteiger partial charge in [0.05, 0.1) is 16.6 Å². The Kier molecular flexibility index (Phi) is 6.82. The van der Waals surface area contributed by atoms with Crippen LogP contribution in [-0.4, -0.2) is 35.4 Å². The number of carbonyl (C=O) groups excluding carboxylic acids is 1. The monoisotopic (exact) mass is 492 g/mol. The van der Waals surface area contributed by atoms with Crippen molar-refractivity contribution in [2.24, 2.45) is 0 Å². The first-order chi connectivity index (χ1) is 15.8. The molecule has 2 aromatic carbocycles. The number of anilines is 1. The summed E-state index contributed by atoms with van der Waals surface area (Å²) in [6.45, 7) is 2.40. The van der Waals surface area contributed by atoms with Crippen LogP contribution >= 0.6 is 11.3 Å². The standard InChI is InChI=1S/C22H22F2N4O3S2/c1-2-4-14-6-9-16(10-7-14)33(30,31)28-12-3-5-19(28)21-26-27-22(32-21)20(29)25-18-11-8-15(23)13-17(18)24/h6-11,13,19H,2-5,12H2,1H3,(H,25,29)/t19-/m0/s1. The molecule has 174 valence electrons. The maximum Gasteiger partial charge on any atom is 0.286 e. The molecule has 4 rings (SSSR count). The second kappa shape index (κ2) is 9.62. The zero-order chi connectivity index (χ0) is 23.6. The van der Waals surface area contributed by atoms with Crippen LogP contribution < -0.4 is 5.32 Å². The SMILES string of the molecule is CCCc1ccc(S(=O)(=O)N2CCC[C@H]2c2nnc(C(=O)Nc3ccc(F)cc3F)s2)cc1. The van der Waals surface area contributed by atoms with Crippen molar-refractivity contribution in [3.8, 4) is 0 Å². The van der Waals surface area contributed by atoms with E-state index in [4.69, 9.17) is 0 Å². The second-order valence-corrected chi connectivity index (χ2v) is 10.6. The Morgan fingerprint density at radius 3 is 2.64 bits per heavy atom. The molecule has 11 heteroatoms. The number of nitrogens with one attached hydrogen (secondary N) is 1. The minimum absolute atomic E-state index is 0.0399. The summed E-state index contributed by atoms with van der Waals surface area (Å²) in [5.41, 5.74) is 0.890. The average molecular weight is 493 g/mol. The molecule has 3 aromatic rings. The summed E-state index contributed by atoms with van der Waals surface area (Å²) in [6, 6.07) is 9.15. The normalized spacial score (nSPS) is 16.8. The van der Waals surface area contributed by atoms with Crippen LogP contribution in [0.1, 0.15) is 52.6 Å². The molecule has 0 spiro atoms. The smallest absolute Gasteiger partial charge is 0.286 e. The van der Waals surface area contributed by atoms with E-state index in [2.05, 4.69) is 22.4 Å². The van der Waals surface area contributed by atoms with Gasteiger partial charge in [0.15, 0.2) is 0 Å². The molecule has 1 aromatic heterocycles. The average Bonchev–Trinajstić information content (AvgIpc) is 3.46. The zero-order valence-corrected chi connectivity index (χ0v) is 19.4. The summed E-state index contributed by atoms with van der Waals surface area (Å²) < 4.78 is 54.8. The van der Waals surface area contributed by atoms with Crippen LogP contribution in [0, 0.1) is 11.6 Å². The van der Waals surface area contributed by atoms with Crippen LogP contribution in [0.5, 0.6) is 0 Å². The molecule has 1 saturated heterocycles. The van der Waals surface area contributed by atoms with Crippen LogP contribution in [0.4, 0.5) is 14.5 Å². The molecule has 1 aliphatic rings. The minimum Gasteiger partial charge on any atom is -0.317 e. The summed E-state index contributed by atoms with van der Waals surface area (Å²) >= 11 is 0.954. The fraction of sp³-hybridized carbons (Fsp3) is 0.318. The van der Waals surface area contributed by atoms with E-state index >= 15 is 0 Å². The Hall–Kier alpha value is -2.76. The lowest BCUT2D eigenvalue weighted by molar-refractivity contribution is 0.102. The first-order valence-corrected chi connectivity index (χ1v) is 12.8. The maximum atomic E-state index is 13.8. The van der Waals surface area contributed by atoms with Crippen molar-refractivity contribution in [2.75, 3.05) is 11.9 Å². The number of nitrogens with zero attached hydrogens (tertiary/aromatic N) is 3. The van der Waals surface area contributed by atoms with Crippen molar-refractivity contribution in [3.05, 3.63) is 69.7 Å². The fourth-order valence-electron chi connectivity index (χ4n) is 3.75. The lowest BCUT2D eigenvalue weighted by Gasteiger charge is -2.22. The number of carbonyl (C=O) groups is 1. The molecular formula is C22H22F2N4O3S2. The van der Waals surface area contributed by atoms with E-state index in [-0.39, 0.29) is 15.6 Å². The zero-order valence-electron chi connectivity index (χ0n) is 17.8. The van der Waals surface area contributed by atoms with Gasteiger partial charge in [0.2, 0.25) is 15.0 Å². The molecular weight excluding hydrogens is 470 g/mol. The highest BCUT2D eigenvalue weighted by Gasteiger charge is 2.38. The Balaban J connectivity index is 1.52. The summed E-state index contributed by atoms with van der Waals surface area (Å²) in [6.07, 6.45) is 3.06. The molecule has 1 aliphatic heterocycles. The van der Waals surface area contributed by atoms with Gasteiger partial charge >= 0.3 is 0 Å². The number of sulfonamides is 1. The Morgan fingerprint density at radius 2 is 1.94 bits per heavy atom. The highest BCUT2D eigenvalue weighted by Crippen LogP contribution is 2.38. The van der Waals surface area contributed by atoms with Crippen LogP contribution in [-0.2, 0) is 16.4 Å². The third kappa shape index (κ3) is 4.94. The van der Waals surface area contributed by atoms with E-state index in [1.807, 2.05) is 12.1 Å². The van der Waals surface area contributed by atoms with Crippen LogP contribution in [0.3, 0.4) is 0 Å². The molecule has 0 radical (unpaired) electrons. The van der Waals surface area contributed by atoms with Gasteiger partial charge in [0, 0.05) is 12.6 Å². The number of benzene rings is 2. The molecule has 0 bridgehead atoms. The number of halogens is 2. The molecule has 1 fully saturated rings. The van der Waals surface area contributed by atoms with Gasteiger partial charge in [-0.05, 0) is 49.1 Å². The Morgan fingerprint density at radius 1 is 1.18 bits per heavy atom. The largest absolute Gasteiger partial charge is 0.317 e. The van der Waals surface area contributed by atoms with E-state index in [0.29, 0.717) is 30.5 Å². The van der Waals surface area contributed by atoms with Crippen molar-refractivity contribution in [1.82, 2.24) is 14.5 Å². The number of rotatable bonds is 7. The van der Waals surface area contributed by atoms with Gasteiger partial charge in [-0.25, -0.2) is 17.2 Å². The predicted molar refractivity (Wildman–Crippen MR) is 121 cm³/mol. The first-order valence-electron chi connectivity index (χ1n) is 10.5. The van der Waals surface area contributed by atoms with E-state index in [0.717, 1.165) is 41.9 Å². The molecule has 1 atom stereocenters. The van der Waals surface area contributed by atoms with Crippen molar-refractivity contribution in [2.45, 2.75) is 43.5 Å². The minimum atomic E-state index is -3.75. The number of amides is 1. The van der Waals surface area contributed by atoms with Gasteiger partial charge in [0.1, 0.15) is 16.6 Å². The molecule has 0 aliphatic carbocycles. The highest BCUT2D eigenvalue weighted by atomic mass is 32.2. The third-order valence-electron chi connectivity index (χ3n) is 5.37. The number of aryl methyl sites for hydroxylation is 1. The quantitative estimate of drug-likeness (QED) is 0.523. The molecule has 7 nitrogen and oxygen atoms in total. The van der Waals surface area contributed by atoms with Crippen LogP contribution in [0.2, 0.25) is 0 Å². The Labute approximate surface area is 194 Å². The van der Waals surface area contributed by atoms with E-state index in [9.17, 15) is 22.0 Å². The number of hydrogen-bond donors (Lipinski definition) is 1. The second-order valence-electron chi connectivity index (χ2n) is 7.69. The van der Waals surface area contributed by atoms with E-state index < -0.39 is 33.6 Å². The number of hydrogen-bond acceptors (Lipinski definition) is 6. The Bertz CT molecular complexity index is 1260. The van der Waals surface area contributed by atoms with Gasteiger partial charge in [-0.3, -0.25) is 4.79 Å². The van der Waals surface area contributed by atoms with E-state index in [1.54, 1.807) is 12.1 Å². The molecule has 0 unspecified atom stereocenters. The third-order valence-corrected chi connectivity index (χ3v) is 8.32. The lowest BCUT2D eigenvalue weighted by Crippen LogP contribution is -2.30.